The van der Waals surface area contributed by atoms with Crippen LogP contribution in [-0.2, 0) is 11.2 Å². The number of fused-ring (bicyclic) bond motifs is 1. The van der Waals surface area contributed by atoms with Gasteiger partial charge in [0.1, 0.15) is 5.75 Å². The summed E-state index contributed by atoms with van der Waals surface area (Å²) in [6.45, 7) is 0.652. The molecule has 0 unspecified atom stereocenters. The molecule has 4 heteroatoms. The number of nitrogen functional groups attached to an aromatic ring is 1. The molecule has 0 bridgehead atoms. The highest BCUT2D eigenvalue weighted by atomic mass is 16.5. The first-order valence-corrected chi connectivity index (χ1v) is 4.36. The van der Waals surface area contributed by atoms with Crippen LogP contribution in [0, 0.1) is 0 Å². The van der Waals surface area contributed by atoms with E-state index in [2.05, 4.69) is 4.74 Å². The second-order valence-corrected chi connectivity index (χ2v) is 3.14. The highest BCUT2D eigenvalue weighted by molar-refractivity contribution is 5.95. The minimum Gasteiger partial charge on any atom is -0.493 e. The van der Waals surface area contributed by atoms with Crippen molar-refractivity contribution < 1.29 is 14.3 Å². The van der Waals surface area contributed by atoms with Crippen LogP contribution >= 0.6 is 0 Å². The van der Waals surface area contributed by atoms with E-state index in [9.17, 15) is 4.79 Å². The zero-order valence-corrected chi connectivity index (χ0v) is 7.87. The minimum absolute atomic E-state index is 0.369. The predicted octanol–water partition coefficient (Wildman–Crippen LogP) is 0.990. The Morgan fingerprint density at radius 1 is 1.57 bits per heavy atom. The van der Waals surface area contributed by atoms with Crippen LogP contribution in [0.2, 0.25) is 0 Å². The summed E-state index contributed by atoms with van der Waals surface area (Å²) in [5.74, 6) is 0.306. The summed E-state index contributed by atoms with van der Waals surface area (Å²) in [5, 5.41) is 0. The molecule has 2 N–H and O–H groups in total. The number of carbonyl (C=O) groups excluding carboxylic acids is 1. The lowest BCUT2D eigenvalue weighted by molar-refractivity contribution is 0.0601. The van der Waals surface area contributed by atoms with Crippen molar-refractivity contribution in [2.45, 2.75) is 6.42 Å². The Hall–Kier alpha value is -1.71. The van der Waals surface area contributed by atoms with Crippen molar-refractivity contribution in [2.24, 2.45) is 0 Å². The summed E-state index contributed by atoms with van der Waals surface area (Å²) in [5.41, 5.74) is 7.58. The zero-order chi connectivity index (χ0) is 10.1. The van der Waals surface area contributed by atoms with Gasteiger partial charge < -0.3 is 15.2 Å². The first-order valence-electron chi connectivity index (χ1n) is 4.36. The Morgan fingerprint density at radius 2 is 2.36 bits per heavy atom. The van der Waals surface area contributed by atoms with Gasteiger partial charge in [-0.15, -0.1) is 0 Å². The topological polar surface area (TPSA) is 61.5 Å². The number of carbonyl (C=O) groups is 1. The van der Waals surface area contributed by atoms with E-state index in [-0.39, 0.29) is 0 Å². The lowest BCUT2D eigenvalue weighted by Crippen LogP contribution is -2.05. The van der Waals surface area contributed by atoms with Gasteiger partial charge in [0.25, 0.3) is 0 Å². The standard InChI is InChI=1S/C10H11NO3/c1-13-10(12)7-5-9-6(2-3-14-9)4-8(7)11/h4-5H,2-3,11H2,1H3. The number of hydrogen-bond acceptors (Lipinski definition) is 4. The van der Waals surface area contributed by atoms with Gasteiger partial charge in [0.2, 0.25) is 0 Å². The van der Waals surface area contributed by atoms with E-state index in [1.807, 2.05) is 0 Å². The SMILES string of the molecule is COC(=O)c1cc2c(cc1N)CCO2. The Morgan fingerprint density at radius 3 is 3.07 bits per heavy atom. The molecule has 0 amide bonds. The fourth-order valence-corrected chi connectivity index (χ4v) is 1.53. The van der Waals surface area contributed by atoms with Gasteiger partial charge in [-0.3, -0.25) is 0 Å². The summed E-state index contributed by atoms with van der Waals surface area (Å²) in [7, 11) is 1.33. The third-order valence-electron chi connectivity index (χ3n) is 2.27. The molecular formula is C10H11NO3. The lowest BCUT2D eigenvalue weighted by Gasteiger charge is -2.06. The maximum Gasteiger partial charge on any atom is 0.340 e. The maximum absolute atomic E-state index is 11.3. The number of ether oxygens (including phenoxy) is 2. The molecule has 0 aromatic heterocycles. The fraction of sp³-hybridized carbons (Fsp3) is 0.300. The Balaban J connectivity index is 2.47. The molecule has 0 aliphatic carbocycles. The normalized spacial score (nSPS) is 13.2. The number of esters is 1. The van der Waals surface area contributed by atoms with Crippen molar-refractivity contribution in [3.63, 3.8) is 0 Å². The molecule has 0 fully saturated rings. The van der Waals surface area contributed by atoms with Gasteiger partial charge >= 0.3 is 5.97 Å². The molecule has 1 aliphatic rings. The molecule has 14 heavy (non-hydrogen) atoms. The van der Waals surface area contributed by atoms with Gasteiger partial charge in [0, 0.05) is 12.1 Å². The Kier molecular flexibility index (Phi) is 2.04. The molecule has 2 rings (SSSR count). The summed E-state index contributed by atoms with van der Waals surface area (Å²) < 4.78 is 9.93. The highest BCUT2D eigenvalue weighted by Crippen LogP contribution is 2.30. The molecule has 1 aromatic carbocycles. The van der Waals surface area contributed by atoms with Crippen LogP contribution in [0.4, 0.5) is 5.69 Å². The monoisotopic (exact) mass is 193 g/mol. The van der Waals surface area contributed by atoms with E-state index in [0.29, 0.717) is 17.9 Å². The van der Waals surface area contributed by atoms with E-state index in [4.69, 9.17) is 10.5 Å². The average Bonchev–Trinajstić information content (AvgIpc) is 2.62. The van der Waals surface area contributed by atoms with Crippen molar-refractivity contribution in [1.29, 1.82) is 0 Å². The molecule has 0 radical (unpaired) electrons. The Bertz CT molecular complexity index is 387. The number of hydrogen-bond donors (Lipinski definition) is 1. The molecule has 0 saturated heterocycles. The van der Waals surface area contributed by atoms with Crippen molar-refractivity contribution in [2.75, 3.05) is 19.5 Å². The van der Waals surface area contributed by atoms with Gasteiger partial charge in [-0.05, 0) is 17.7 Å². The first kappa shape index (κ1) is 8.87. The summed E-state index contributed by atoms with van der Waals surface area (Å²) in [4.78, 5) is 11.3. The molecule has 0 atom stereocenters. The Labute approximate surface area is 81.6 Å². The molecule has 74 valence electrons. The summed E-state index contributed by atoms with van der Waals surface area (Å²) in [6.07, 6.45) is 0.848. The smallest absolute Gasteiger partial charge is 0.340 e. The van der Waals surface area contributed by atoms with E-state index in [1.54, 1.807) is 12.1 Å². The molecule has 1 heterocycles. The second kappa shape index (κ2) is 3.21. The van der Waals surface area contributed by atoms with Crippen LogP contribution in [0.15, 0.2) is 12.1 Å². The van der Waals surface area contributed by atoms with Crippen LogP contribution in [-0.4, -0.2) is 19.7 Å². The van der Waals surface area contributed by atoms with Gasteiger partial charge in [-0.2, -0.15) is 0 Å². The number of rotatable bonds is 1. The van der Waals surface area contributed by atoms with Crippen molar-refractivity contribution >= 4 is 11.7 Å². The van der Waals surface area contributed by atoms with Gasteiger partial charge in [-0.1, -0.05) is 0 Å². The molecule has 4 nitrogen and oxygen atoms in total. The molecule has 1 aliphatic heterocycles. The number of anilines is 1. The van der Waals surface area contributed by atoms with Crippen LogP contribution < -0.4 is 10.5 Å². The molecule has 0 spiro atoms. The third-order valence-corrected chi connectivity index (χ3v) is 2.27. The van der Waals surface area contributed by atoms with Gasteiger partial charge in [-0.25, -0.2) is 4.79 Å². The van der Waals surface area contributed by atoms with E-state index >= 15 is 0 Å². The van der Waals surface area contributed by atoms with E-state index in [1.165, 1.54) is 7.11 Å². The average molecular weight is 193 g/mol. The van der Waals surface area contributed by atoms with Crippen LogP contribution in [0.25, 0.3) is 0 Å². The largest absolute Gasteiger partial charge is 0.493 e. The van der Waals surface area contributed by atoms with Crippen molar-refractivity contribution in [3.8, 4) is 5.75 Å². The highest BCUT2D eigenvalue weighted by Gasteiger charge is 2.18. The maximum atomic E-state index is 11.3. The van der Waals surface area contributed by atoms with Gasteiger partial charge in [0.15, 0.2) is 0 Å². The van der Waals surface area contributed by atoms with Crippen LogP contribution in [0.5, 0.6) is 5.75 Å². The number of nitrogens with two attached hydrogens (primary N) is 1. The lowest BCUT2D eigenvalue weighted by atomic mass is 10.1. The van der Waals surface area contributed by atoms with E-state index < -0.39 is 5.97 Å². The summed E-state index contributed by atoms with van der Waals surface area (Å²) >= 11 is 0. The predicted molar refractivity (Wildman–Crippen MR) is 51.4 cm³/mol. The second-order valence-electron chi connectivity index (χ2n) is 3.14. The number of benzene rings is 1. The van der Waals surface area contributed by atoms with Crippen molar-refractivity contribution in [3.05, 3.63) is 23.3 Å². The quantitative estimate of drug-likeness (QED) is 0.533. The van der Waals surface area contributed by atoms with Crippen LogP contribution in [0.3, 0.4) is 0 Å². The first-order chi connectivity index (χ1) is 6.72. The summed E-state index contributed by atoms with van der Waals surface area (Å²) in [6, 6.07) is 3.41. The zero-order valence-electron chi connectivity index (χ0n) is 7.87. The van der Waals surface area contributed by atoms with E-state index in [0.717, 1.165) is 17.7 Å². The number of methoxy groups -OCH3 is 1. The van der Waals surface area contributed by atoms with Crippen LogP contribution in [0.1, 0.15) is 15.9 Å². The fourth-order valence-electron chi connectivity index (χ4n) is 1.53. The minimum atomic E-state index is -0.430. The van der Waals surface area contributed by atoms with Crippen molar-refractivity contribution in [1.82, 2.24) is 0 Å². The molecular weight excluding hydrogens is 182 g/mol. The molecule has 0 saturated carbocycles. The molecule has 1 aromatic rings. The van der Waals surface area contributed by atoms with Gasteiger partial charge in [0.05, 0.1) is 19.3 Å². The third kappa shape index (κ3) is 1.28.